The van der Waals surface area contributed by atoms with Crippen molar-refractivity contribution in [3.05, 3.63) is 66.7 Å². The summed E-state index contributed by atoms with van der Waals surface area (Å²) in [5.74, 6) is 0.260. The van der Waals surface area contributed by atoms with E-state index in [1.54, 1.807) is 12.2 Å². The van der Waals surface area contributed by atoms with Crippen LogP contribution in [0.3, 0.4) is 0 Å². The Morgan fingerprint density at radius 1 is 0.944 bits per heavy atom. The summed E-state index contributed by atoms with van der Waals surface area (Å²) in [6, 6.07) is 13.8. The highest BCUT2D eigenvalue weighted by Crippen LogP contribution is 2.38. The van der Waals surface area contributed by atoms with Crippen LogP contribution in [-0.4, -0.2) is 5.11 Å². The van der Waals surface area contributed by atoms with Crippen LogP contribution in [-0.2, 0) is 0 Å². The first-order chi connectivity index (χ1) is 8.76. The van der Waals surface area contributed by atoms with Crippen LogP contribution in [0.4, 0.5) is 0 Å². The number of benzene rings is 2. The van der Waals surface area contributed by atoms with Crippen LogP contribution in [0.1, 0.15) is 11.1 Å². The van der Waals surface area contributed by atoms with Gasteiger partial charge in [0.15, 0.2) is 0 Å². The summed E-state index contributed by atoms with van der Waals surface area (Å²) < 4.78 is 0. The third-order valence-electron chi connectivity index (χ3n) is 2.61. The molecule has 90 valence electrons. The van der Waals surface area contributed by atoms with E-state index < -0.39 is 0 Å². The average molecular weight is 254 g/mol. The highest BCUT2D eigenvalue weighted by atomic mass is 32.2. The Morgan fingerprint density at radius 3 is 2.28 bits per heavy atom. The van der Waals surface area contributed by atoms with Gasteiger partial charge in [-0.1, -0.05) is 61.3 Å². The van der Waals surface area contributed by atoms with Gasteiger partial charge in [-0.2, -0.15) is 0 Å². The van der Waals surface area contributed by atoms with Gasteiger partial charge in [-0.3, -0.25) is 0 Å². The third kappa shape index (κ3) is 2.49. The van der Waals surface area contributed by atoms with E-state index in [9.17, 15) is 5.11 Å². The molecule has 0 bridgehead atoms. The molecule has 0 atom stereocenters. The predicted octanol–water partition coefficient (Wildman–Crippen LogP) is 4.83. The molecule has 0 saturated carbocycles. The van der Waals surface area contributed by atoms with Gasteiger partial charge in [-0.15, -0.1) is 0 Å². The Hall–Kier alpha value is -1.93. The number of hydrogen-bond acceptors (Lipinski definition) is 2. The number of aromatic hydroxyl groups is 1. The zero-order chi connectivity index (χ0) is 13.0. The Morgan fingerprint density at radius 2 is 1.67 bits per heavy atom. The van der Waals surface area contributed by atoms with E-state index in [4.69, 9.17) is 0 Å². The second-order valence-corrected chi connectivity index (χ2v) is 4.85. The molecule has 18 heavy (non-hydrogen) atoms. The average Bonchev–Trinajstić information content (AvgIpc) is 2.42. The van der Waals surface area contributed by atoms with Crippen LogP contribution in [0, 0.1) is 0 Å². The highest BCUT2D eigenvalue weighted by Gasteiger charge is 2.09. The fourth-order valence-corrected chi connectivity index (χ4v) is 2.58. The molecule has 0 amide bonds. The lowest BCUT2D eigenvalue weighted by atomic mass is 10.1. The topological polar surface area (TPSA) is 20.2 Å². The van der Waals surface area contributed by atoms with Crippen molar-refractivity contribution in [1.82, 2.24) is 0 Å². The summed E-state index contributed by atoms with van der Waals surface area (Å²) in [4.78, 5) is 1.91. The first-order valence-electron chi connectivity index (χ1n) is 5.60. The van der Waals surface area contributed by atoms with E-state index in [-0.39, 0.29) is 5.75 Å². The van der Waals surface area contributed by atoms with Gasteiger partial charge < -0.3 is 5.11 Å². The van der Waals surface area contributed by atoms with Crippen molar-refractivity contribution in [2.45, 2.75) is 9.79 Å². The predicted molar refractivity (Wildman–Crippen MR) is 78.9 cm³/mol. The van der Waals surface area contributed by atoms with Crippen molar-refractivity contribution >= 4 is 23.9 Å². The molecule has 0 spiro atoms. The Labute approximate surface area is 111 Å². The Kier molecular flexibility index (Phi) is 3.90. The molecule has 2 aromatic carbocycles. The van der Waals surface area contributed by atoms with Crippen molar-refractivity contribution in [2.24, 2.45) is 0 Å². The lowest BCUT2D eigenvalue weighted by Gasteiger charge is -2.09. The lowest BCUT2D eigenvalue weighted by molar-refractivity contribution is 0.461. The molecule has 1 nitrogen and oxygen atoms in total. The molecule has 0 saturated heterocycles. The minimum atomic E-state index is 0.260. The summed E-state index contributed by atoms with van der Waals surface area (Å²) in [5, 5.41) is 10.2. The quantitative estimate of drug-likeness (QED) is 0.843. The van der Waals surface area contributed by atoms with E-state index in [0.29, 0.717) is 0 Å². The van der Waals surface area contributed by atoms with Crippen molar-refractivity contribution in [1.29, 1.82) is 0 Å². The van der Waals surface area contributed by atoms with Crippen LogP contribution in [0.15, 0.2) is 65.4 Å². The van der Waals surface area contributed by atoms with E-state index in [1.165, 1.54) is 11.8 Å². The smallest absolute Gasteiger partial charge is 0.137 e. The number of phenols is 1. The van der Waals surface area contributed by atoms with E-state index >= 15 is 0 Å². The van der Waals surface area contributed by atoms with E-state index in [1.807, 2.05) is 42.5 Å². The highest BCUT2D eigenvalue weighted by molar-refractivity contribution is 7.99. The molecule has 0 aliphatic carbocycles. The zero-order valence-electron chi connectivity index (χ0n) is 9.97. The van der Waals surface area contributed by atoms with Crippen LogP contribution < -0.4 is 0 Å². The molecule has 2 aromatic rings. The van der Waals surface area contributed by atoms with Crippen LogP contribution in [0.5, 0.6) is 5.75 Å². The summed E-state index contributed by atoms with van der Waals surface area (Å²) in [5.41, 5.74) is 1.62. The Balaban J connectivity index is 2.41. The molecule has 0 heterocycles. The normalized spacial score (nSPS) is 10.0. The second-order valence-electron chi connectivity index (χ2n) is 3.74. The minimum Gasteiger partial charge on any atom is -0.506 e. The summed E-state index contributed by atoms with van der Waals surface area (Å²) in [6.45, 7) is 7.46. The first kappa shape index (κ1) is 12.5. The van der Waals surface area contributed by atoms with E-state index in [2.05, 4.69) is 13.2 Å². The maximum absolute atomic E-state index is 10.2. The van der Waals surface area contributed by atoms with Gasteiger partial charge in [0.1, 0.15) is 5.75 Å². The molecule has 0 aliphatic heterocycles. The molecule has 0 unspecified atom stereocenters. The SMILES string of the molecule is C=Cc1ccc(Sc2ccccc2)c(O)c1C=C. The van der Waals surface area contributed by atoms with Gasteiger partial charge in [0.2, 0.25) is 0 Å². The molecule has 0 fully saturated rings. The van der Waals surface area contributed by atoms with Crippen LogP contribution in [0.25, 0.3) is 12.2 Å². The lowest BCUT2D eigenvalue weighted by Crippen LogP contribution is -1.84. The van der Waals surface area contributed by atoms with Crippen molar-refractivity contribution in [2.75, 3.05) is 0 Å². The van der Waals surface area contributed by atoms with Crippen molar-refractivity contribution in [3.63, 3.8) is 0 Å². The van der Waals surface area contributed by atoms with Crippen LogP contribution >= 0.6 is 11.8 Å². The number of phenolic OH excluding ortho intramolecular Hbond substituents is 1. The third-order valence-corrected chi connectivity index (χ3v) is 3.67. The minimum absolute atomic E-state index is 0.260. The fraction of sp³-hybridized carbons (Fsp3) is 0. The zero-order valence-corrected chi connectivity index (χ0v) is 10.8. The molecule has 1 N–H and O–H groups in total. The molecular formula is C16H14OS. The largest absolute Gasteiger partial charge is 0.506 e. The molecular weight excluding hydrogens is 240 g/mol. The molecule has 0 aliphatic rings. The standard InChI is InChI=1S/C16H14OS/c1-3-12-10-11-15(16(17)14(12)4-2)18-13-8-6-5-7-9-13/h3-11,17H,1-2H2. The Bertz CT molecular complexity index is 573. The van der Waals surface area contributed by atoms with Crippen molar-refractivity contribution in [3.8, 4) is 5.75 Å². The molecule has 0 radical (unpaired) electrons. The number of hydrogen-bond donors (Lipinski definition) is 1. The summed E-state index contributed by atoms with van der Waals surface area (Å²) >= 11 is 1.53. The first-order valence-corrected chi connectivity index (χ1v) is 6.41. The number of rotatable bonds is 4. The summed E-state index contributed by atoms with van der Waals surface area (Å²) in [7, 11) is 0. The van der Waals surface area contributed by atoms with E-state index in [0.717, 1.165) is 20.9 Å². The maximum atomic E-state index is 10.2. The van der Waals surface area contributed by atoms with Gasteiger partial charge in [0.25, 0.3) is 0 Å². The maximum Gasteiger partial charge on any atom is 0.137 e. The monoisotopic (exact) mass is 254 g/mol. The van der Waals surface area contributed by atoms with Gasteiger partial charge in [-0.25, -0.2) is 0 Å². The van der Waals surface area contributed by atoms with Gasteiger partial charge in [-0.05, 0) is 23.8 Å². The molecule has 2 heteroatoms. The van der Waals surface area contributed by atoms with Crippen LogP contribution in [0.2, 0.25) is 0 Å². The molecule has 0 aromatic heterocycles. The summed E-state index contributed by atoms with van der Waals surface area (Å²) in [6.07, 6.45) is 3.37. The van der Waals surface area contributed by atoms with Gasteiger partial charge in [0.05, 0.1) is 4.90 Å². The second kappa shape index (κ2) is 5.61. The fourth-order valence-electron chi connectivity index (χ4n) is 1.69. The van der Waals surface area contributed by atoms with Crippen molar-refractivity contribution < 1.29 is 5.11 Å². The molecule has 2 rings (SSSR count). The van der Waals surface area contributed by atoms with Gasteiger partial charge >= 0.3 is 0 Å². The van der Waals surface area contributed by atoms with Gasteiger partial charge in [0, 0.05) is 10.5 Å².